The van der Waals surface area contributed by atoms with E-state index in [1.165, 1.54) is 29.0 Å². The molecule has 2 atom stereocenters. The van der Waals surface area contributed by atoms with Crippen LogP contribution >= 0.6 is 11.3 Å². The highest BCUT2D eigenvalue weighted by atomic mass is 32.1. The van der Waals surface area contributed by atoms with Crippen LogP contribution in [-0.2, 0) is 5.54 Å². The minimum atomic E-state index is 0.0505. The lowest BCUT2D eigenvalue weighted by Gasteiger charge is -2.07. The van der Waals surface area contributed by atoms with Crippen molar-refractivity contribution < 1.29 is 0 Å². The second kappa shape index (κ2) is 3.10. The van der Waals surface area contributed by atoms with Gasteiger partial charge < -0.3 is 5.73 Å². The van der Waals surface area contributed by atoms with Crippen molar-refractivity contribution in [3.05, 3.63) is 21.9 Å². The smallest absolute Gasteiger partial charge is 0.0536 e. The number of thiophene rings is 1. The summed E-state index contributed by atoms with van der Waals surface area (Å²) in [4.78, 5) is 2.77. The summed E-state index contributed by atoms with van der Waals surface area (Å²) in [5.41, 5.74) is 6.37. The van der Waals surface area contributed by atoms with Crippen molar-refractivity contribution in [1.29, 1.82) is 0 Å². The molecule has 0 radical (unpaired) electrons. The van der Waals surface area contributed by atoms with Gasteiger partial charge in [0.05, 0.1) is 5.54 Å². The summed E-state index contributed by atoms with van der Waals surface area (Å²) >= 11 is 1.86. The maximum absolute atomic E-state index is 6.32. The molecule has 1 aliphatic carbocycles. The fourth-order valence-electron chi connectivity index (χ4n) is 2.04. The highest BCUT2D eigenvalue weighted by Gasteiger charge is 2.51. The van der Waals surface area contributed by atoms with Crippen LogP contribution in [0.4, 0.5) is 0 Å². The largest absolute Gasteiger partial charge is 0.320 e. The monoisotopic (exact) mass is 195 g/mol. The second-order valence-corrected chi connectivity index (χ2v) is 5.43. The van der Waals surface area contributed by atoms with Gasteiger partial charge in [-0.1, -0.05) is 13.3 Å². The fourth-order valence-corrected chi connectivity index (χ4v) is 3.10. The molecule has 2 heteroatoms. The zero-order chi connectivity index (χ0) is 9.47. The van der Waals surface area contributed by atoms with E-state index >= 15 is 0 Å². The molecule has 0 amide bonds. The Balaban J connectivity index is 2.11. The third kappa shape index (κ3) is 1.53. The summed E-state index contributed by atoms with van der Waals surface area (Å²) in [7, 11) is 0. The third-order valence-corrected chi connectivity index (χ3v) is 4.18. The van der Waals surface area contributed by atoms with Crippen molar-refractivity contribution in [1.82, 2.24) is 0 Å². The van der Waals surface area contributed by atoms with Gasteiger partial charge in [0.25, 0.3) is 0 Å². The van der Waals surface area contributed by atoms with Crippen LogP contribution in [-0.4, -0.2) is 0 Å². The number of hydrogen-bond donors (Lipinski definition) is 1. The van der Waals surface area contributed by atoms with Crippen LogP contribution in [0.5, 0.6) is 0 Å². The maximum Gasteiger partial charge on any atom is 0.0536 e. The van der Waals surface area contributed by atoms with Gasteiger partial charge in [-0.2, -0.15) is 0 Å². The number of aryl methyl sites for hydroxylation is 1. The molecule has 1 heterocycles. The molecule has 1 saturated carbocycles. The van der Waals surface area contributed by atoms with E-state index in [0.29, 0.717) is 0 Å². The van der Waals surface area contributed by atoms with Crippen molar-refractivity contribution in [2.24, 2.45) is 11.7 Å². The van der Waals surface area contributed by atoms with Crippen LogP contribution < -0.4 is 5.73 Å². The van der Waals surface area contributed by atoms with E-state index in [1.54, 1.807) is 0 Å². The molecule has 2 unspecified atom stereocenters. The Labute approximate surface area is 84.0 Å². The van der Waals surface area contributed by atoms with Crippen molar-refractivity contribution in [2.75, 3.05) is 0 Å². The molecule has 0 bridgehead atoms. The zero-order valence-corrected chi connectivity index (χ0v) is 9.16. The fraction of sp³-hybridized carbons (Fsp3) is 0.636. The summed E-state index contributed by atoms with van der Waals surface area (Å²) in [5, 5.41) is 0. The summed E-state index contributed by atoms with van der Waals surface area (Å²) in [6, 6.07) is 4.38. The molecule has 1 aromatic heterocycles. The van der Waals surface area contributed by atoms with E-state index in [-0.39, 0.29) is 5.54 Å². The Hall–Kier alpha value is -0.340. The highest BCUT2D eigenvalue weighted by Crippen LogP contribution is 2.53. The standard InChI is InChI=1S/C11H17NS/c1-3-4-9-7-11(9,12)10-6-5-8(2)13-10/h5-6,9H,3-4,7,12H2,1-2H3. The minimum Gasteiger partial charge on any atom is -0.320 e. The highest BCUT2D eigenvalue weighted by molar-refractivity contribution is 7.12. The predicted molar refractivity (Wildman–Crippen MR) is 57.9 cm³/mol. The Morgan fingerprint density at radius 3 is 2.92 bits per heavy atom. The predicted octanol–water partition coefficient (Wildman–Crippen LogP) is 3.03. The molecule has 1 aromatic rings. The summed E-state index contributed by atoms with van der Waals surface area (Å²) < 4.78 is 0. The van der Waals surface area contributed by atoms with Crippen LogP contribution in [0.1, 0.15) is 35.9 Å². The third-order valence-electron chi connectivity index (χ3n) is 2.99. The van der Waals surface area contributed by atoms with E-state index in [1.807, 2.05) is 11.3 Å². The van der Waals surface area contributed by atoms with Gasteiger partial charge in [-0.15, -0.1) is 11.3 Å². The minimum absolute atomic E-state index is 0.0505. The Morgan fingerprint density at radius 1 is 1.62 bits per heavy atom. The molecular formula is C11H17NS. The normalized spacial score (nSPS) is 32.1. The van der Waals surface area contributed by atoms with Crippen LogP contribution in [0.3, 0.4) is 0 Å². The molecule has 2 rings (SSSR count). The average molecular weight is 195 g/mol. The SMILES string of the molecule is CCCC1CC1(N)c1ccc(C)s1. The van der Waals surface area contributed by atoms with Gasteiger partial charge in [-0.3, -0.25) is 0 Å². The number of nitrogens with two attached hydrogens (primary N) is 1. The lowest BCUT2D eigenvalue weighted by Crippen LogP contribution is -2.20. The Morgan fingerprint density at radius 2 is 2.38 bits per heavy atom. The topological polar surface area (TPSA) is 26.0 Å². The molecular weight excluding hydrogens is 178 g/mol. The van der Waals surface area contributed by atoms with Gasteiger partial charge >= 0.3 is 0 Å². The van der Waals surface area contributed by atoms with Crippen molar-refractivity contribution >= 4 is 11.3 Å². The van der Waals surface area contributed by atoms with E-state index in [4.69, 9.17) is 5.73 Å². The molecule has 1 aliphatic rings. The Kier molecular flexibility index (Phi) is 2.20. The lowest BCUT2D eigenvalue weighted by atomic mass is 10.1. The molecule has 1 fully saturated rings. The van der Waals surface area contributed by atoms with Gasteiger partial charge in [0, 0.05) is 9.75 Å². The molecule has 0 saturated heterocycles. The number of hydrogen-bond acceptors (Lipinski definition) is 2. The van der Waals surface area contributed by atoms with Crippen molar-refractivity contribution in [3.8, 4) is 0 Å². The lowest BCUT2D eigenvalue weighted by molar-refractivity contribution is 0.591. The molecule has 0 spiro atoms. The second-order valence-electron chi connectivity index (χ2n) is 4.14. The van der Waals surface area contributed by atoms with E-state index < -0.39 is 0 Å². The first-order chi connectivity index (χ1) is 6.16. The summed E-state index contributed by atoms with van der Waals surface area (Å²) in [6.07, 6.45) is 3.74. The molecule has 0 aliphatic heterocycles. The molecule has 1 nitrogen and oxygen atoms in total. The van der Waals surface area contributed by atoms with Gasteiger partial charge in [0.15, 0.2) is 0 Å². The molecule has 0 aromatic carbocycles. The van der Waals surface area contributed by atoms with Crippen molar-refractivity contribution in [3.63, 3.8) is 0 Å². The maximum atomic E-state index is 6.32. The zero-order valence-electron chi connectivity index (χ0n) is 8.34. The van der Waals surface area contributed by atoms with Crippen LogP contribution in [0, 0.1) is 12.8 Å². The average Bonchev–Trinajstić information content (AvgIpc) is 2.57. The van der Waals surface area contributed by atoms with E-state index in [2.05, 4.69) is 26.0 Å². The van der Waals surface area contributed by atoms with Gasteiger partial charge in [0.2, 0.25) is 0 Å². The first-order valence-electron chi connectivity index (χ1n) is 5.02. The molecule has 72 valence electrons. The van der Waals surface area contributed by atoms with Gasteiger partial charge in [-0.25, -0.2) is 0 Å². The van der Waals surface area contributed by atoms with E-state index in [0.717, 1.165) is 5.92 Å². The first kappa shape index (κ1) is 9.22. The molecule has 13 heavy (non-hydrogen) atoms. The van der Waals surface area contributed by atoms with Crippen LogP contribution in [0.25, 0.3) is 0 Å². The van der Waals surface area contributed by atoms with E-state index in [9.17, 15) is 0 Å². The summed E-state index contributed by atoms with van der Waals surface area (Å²) in [5.74, 6) is 0.746. The summed E-state index contributed by atoms with van der Waals surface area (Å²) in [6.45, 7) is 4.38. The quantitative estimate of drug-likeness (QED) is 0.788. The van der Waals surface area contributed by atoms with Crippen LogP contribution in [0.15, 0.2) is 12.1 Å². The van der Waals surface area contributed by atoms with Crippen molar-refractivity contribution in [2.45, 2.75) is 38.6 Å². The molecule has 2 N–H and O–H groups in total. The Bertz CT molecular complexity index is 305. The first-order valence-corrected chi connectivity index (χ1v) is 5.84. The number of rotatable bonds is 3. The van der Waals surface area contributed by atoms with Crippen LogP contribution in [0.2, 0.25) is 0 Å². The van der Waals surface area contributed by atoms with Gasteiger partial charge in [0.1, 0.15) is 0 Å². The van der Waals surface area contributed by atoms with Gasteiger partial charge in [-0.05, 0) is 37.8 Å².